The number of halogens is 1. The summed E-state index contributed by atoms with van der Waals surface area (Å²) < 4.78 is 31.6. The molecule has 2 aromatic rings. The molecule has 2 atom stereocenters. The second kappa shape index (κ2) is 7.76. The van der Waals surface area contributed by atoms with E-state index in [2.05, 4.69) is 0 Å². The van der Waals surface area contributed by atoms with Crippen LogP contribution in [0.5, 0.6) is 5.75 Å². The zero-order valence-electron chi connectivity index (χ0n) is 15.3. The Morgan fingerprint density at radius 3 is 2.21 bits per heavy atom. The largest absolute Gasteiger partial charge is 0.484 e. The number of amides is 1. The maximum atomic E-state index is 13.0. The monoisotopic (exact) mass is 419 g/mol. The molecule has 5 nitrogen and oxygen atoms in total. The van der Waals surface area contributed by atoms with Gasteiger partial charge in [-0.2, -0.15) is 0 Å². The lowest BCUT2D eigenvalue weighted by atomic mass is 10.0. The summed E-state index contributed by atoms with van der Waals surface area (Å²) in [6.07, 6.45) is 2.66. The Labute approximate surface area is 170 Å². The minimum absolute atomic E-state index is 0.0384. The Bertz CT molecular complexity index is 932. The van der Waals surface area contributed by atoms with E-state index in [0.29, 0.717) is 28.5 Å². The van der Waals surface area contributed by atoms with Gasteiger partial charge in [0.05, 0.1) is 10.1 Å². The zero-order chi connectivity index (χ0) is 19.7. The molecule has 2 aliphatic rings. The molecule has 28 heavy (non-hydrogen) atoms. The van der Waals surface area contributed by atoms with E-state index >= 15 is 0 Å². The number of sulfone groups is 1. The van der Waals surface area contributed by atoms with E-state index in [-0.39, 0.29) is 24.6 Å². The third-order valence-corrected chi connectivity index (χ3v) is 8.11. The summed E-state index contributed by atoms with van der Waals surface area (Å²) in [6, 6.07) is 15.4. The molecule has 0 spiro atoms. The Kier molecular flexibility index (Phi) is 5.34. The molecule has 2 fully saturated rings. The third-order valence-electron chi connectivity index (χ3n) is 5.66. The van der Waals surface area contributed by atoms with Gasteiger partial charge in [0.15, 0.2) is 16.4 Å². The van der Waals surface area contributed by atoms with Crippen LogP contribution in [-0.4, -0.2) is 43.2 Å². The summed E-state index contributed by atoms with van der Waals surface area (Å²) in [6.45, 7) is -0.0509. The van der Waals surface area contributed by atoms with Gasteiger partial charge in [-0.3, -0.25) is 4.79 Å². The van der Waals surface area contributed by atoms with Gasteiger partial charge < -0.3 is 9.64 Å². The van der Waals surface area contributed by atoms with Gasteiger partial charge in [-0.25, -0.2) is 8.42 Å². The first kappa shape index (κ1) is 19.3. The van der Waals surface area contributed by atoms with Gasteiger partial charge in [-0.15, -0.1) is 0 Å². The predicted octanol–water partition coefficient (Wildman–Crippen LogP) is 3.71. The van der Waals surface area contributed by atoms with Crippen molar-refractivity contribution in [2.24, 2.45) is 0 Å². The summed E-state index contributed by atoms with van der Waals surface area (Å²) in [7, 11) is -3.38. The van der Waals surface area contributed by atoms with Crippen LogP contribution in [0.4, 0.5) is 0 Å². The van der Waals surface area contributed by atoms with Crippen molar-refractivity contribution in [1.82, 2.24) is 4.90 Å². The van der Waals surface area contributed by atoms with Crippen molar-refractivity contribution in [3.63, 3.8) is 0 Å². The number of nitrogens with zero attached hydrogens (tertiary/aromatic N) is 1. The van der Waals surface area contributed by atoms with Crippen LogP contribution in [0.3, 0.4) is 0 Å². The lowest BCUT2D eigenvalue weighted by molar-refractivity contribution is -0.137. The minimum atomic E-state index is -3.38. The van der Waals surface area contributed by atoms with Gasteiger partial charge in [-0.1, -0.05) is 29.8 Å². The summed E-state index contributed by atoms with van der Waals surface area (Å²) in [5.41, 5.74) is 0. The van der Waals surface area contributed by atoms with E-state index in [9.17, 15) is 13.2 Å². The molecule has 0 N–H and O–H groups in total. The van der Waals surface area contributed by atoms with Gasteiger partial charge in [0.1, 0.15) is 5.75 Å². The molecule has 4 rings (SSSR count). The van der Waals surface area contributed by atoms with Gasteiger partial charge in [0.2, 0.25) is 0 Å². The van der Waals surface area contributed by atoms with Crippen LogP contribution in [0.1, 0.15) is 25.7 Å². The van der Waals surface area contributed by atoms with E-state index in [1.54, 1.807) is 48.5 Å². The molecule has 2 unspecified atom stereocenters. The first-order valence-electron chi connectivity index (χ1n) is 9.43. The molecule has 2 saturated heterocycles. The Balaban J connectivity index is 1.42. The second-order valence-electron chi connectivity index (χ2n) is 7.38. The standard InChI is InChI=1S/C21H22ClNO4S/c22-15-6-10-18(11-7-15)27-14-21(24)23-16-8-9-17(23)13-20(12-16)28(25,26)19-4-2-1-3-5-19/h1-7,10-11,16-17,20H,8-9,12-14H2. The van der Waals surface area contributed by atoms with Crippen LogP contribution in [0.2, 0.25) is 5.02 Å². The lowest BCUT2D eigenvalue weighted by Gasteiger charge is -2.38. The SMILES string of the molecule is O=C(COc1ccc(Cl)cc1)N1C2CCC1CC(S(=O)(=O)c1ccccc1)C2. The fourth-order valence-electron chi connectivity index (χ4n) is 4.34. The van der Waals surface area contributed by atoms with E-state index in [0.717, 1.165) is 12.8 Å². The predicted molar refractivity (Wildman–Crippen MR) is 107 cm³/mol. The number of piperidine rings is 1. The number of carbonyl (C=O) groups is 1. The van der Waals surface area contributed by atoms with E-state index < -0.39 is 15.1 Å². The number of benzene rings is 2. The minimum Gasteiger partial charge on any atom is -0.484 e. The van der Waals surface area contributed by atoms with E-state index in [1.165, 1.54) is 0 Å². The van der Waals surface area contributed by atoms with Crippen LogP contribution in [0.15, 0.2) is 59.5 Å². The number of ether oxygens (including phenoxy) is 1. The molecule has 1 amide bonds. The molecule has 0 aromatic heterocycles. The molecule has 2 heterocycles. The highest BCUT2D eigenvalue weighted by molar-refractivity contribution is 7.92. The average Bonchev–Trinajstić information content (AvgIpc) is 2.97. The number of rotatable bonds is 5. The van der Waals surface area contributed by atoms with Crippen molar-refractivity contribution in [2.75, 3.05) is 6.61 Å². The second-order valence-corrected chi connectivity index (χ2v) is 10.0. The smallest absolute Gasteiger partial charge is 0.261 e. The summed E-state index contributed by atoms with van der Waals surface area (Å²) in [5.74, 6) is 0.504. The molecule has 7 heteroatoms. The molecular weight excluding hydrogens is 398 g/mol. The van der Waals surface area contributed by atoms with Crippen LogP contribution >= 0.6 is 11.6 Å². The van der Waals surface area contributed by atoms with Crippen molar-refractivity contribution in [3.8, 4) is 5.75 Å². The van der Waals surface area contributed by atoms with Crippen LogP contribution < -0.4 is 4.74 Å². The van der Waals surface area contributed by atoms with Crippen molar-refractivity contribution in [2.45, 2.75) is 47.9 Å². The number of hydrogen-bond donors (Lipinski definition) is 0. The number of fused-ring (bicyclic) bond motifs is 2. The zero-order valence-corrected chi connectivity index (χ0v) is 16.9. The Morgan fingerprint density at radius 1 is 1.00 bits per heavy atom. The first-order valence-corrected chi connectivity index (χ1v) is 11.4. The van der Waals surface area contributed by atoms with Crippen LogP contribution in [-0.2, 0) is 14.6 Å². The fourth-order valence-corrected chi connectivity index (χ4v) is 6.34. The van der Waals surface area contributed by atoms with E-state index in [4.69, 9.17) is 16.3 Å². The summed E-state index contributed by atoms with van der Waals surface area (Å²) in [4.78, 5) is 15.0. The van der Waals surface area contributed by atoms with Crippen molar-refractivity contribution in [3.05, 3.63) is 59.6 Å². The molecular formula is C21H22ClNO4S. The first-order chi connectivity index (χ1) is 13.4. The highest BCUT2D eigenvalue weighted by Gasteiger charge is 2.47. The molecule has 2 bridgehead atoms. The van der Waals surface area contributed by atoms with Crippen molar-refractivity contribution >= 4 is 27.3 Å². The Morgan fingerprint density at radius 2 is 1.61 bits per heavy atom. The van der Waals surface area contributed by atoms with Gasteiger partial charge in [0, 0.05) is 17.1 Å². The van der Waals surface area contributed by atoms with Gasteiger partial charge in [-0.05, 0) is 62.1 Å². The average molecular weight is 420 g/mol. The molecule has 2 aromatic carbocycles. The summed E-state index contributed by atoms with van der Waals surface area (Å²) in [5, 5.41) is 0.173. The van der Waals surface area contributed by atoms with Crippen LogP contribution in [0, 0.1) is 0 Å². The summed E-state index contributed by atoms with van der Waals surface area (Å²) >= 11 is 5.86. The van der Waals surface area contributed by atoms with Crippen molar-refractivity contribution in [1.29, 1.82) is 0 Å². The molecule has 148 valence electrons. The van der Waals surface area contributed by atoms with Gasteiger partial charge >= 0.3 is 0 Å². The van der Waals surface area contributed by atoms with Crippen molar-refractivity contribution < 1.29 is 17.9 Å². The highest BCUT2D eigenvalue weighted by Crippen LogP contribution is 2.39. The maximum Gasteiger partial charge on any atom is 0.261 e. The molecule has 0 aliphatic carbocycles. The van der Waals surface area contributed by atoms with Gasteiger partial charge in [0.25, 0.3) is 5.91 Å². The normalized spacial score (nSPS) is 24.2. The molecule has 0 radical (unpaired) electrons. The highest BCUT2D eigenvalue weighted by atomic mass is 35.5. The fraction of sp³-hybridized carbons (Fsp3) is 0.381. The quantitative estimate of drug-likeness (QED) is 0.741. The molecule has 0 saturated carbocycles. The number of hydrogen-bond acceptors (Lipinski definition) is 4. The number of carbonyl (C=O) groups excluding carboxylic acids is 1. The maximum absolute atomic E-state index is 13.0. The van der Waals surface area contributed by atoms with E-state index in [1.807, 2.05) is 11.0 Å². The topological polar surface area (TPSA) is 63.7 Å². The van der Waals surface area contributed by atoms with Crippen LogP contribution in [0.25, 0.3) is 0 Å². The lowest BCUT2D eigenvalue weighted by Crippen LogP contribution is -2.51. The third kappa shape index (κ3) is 3.76. The molecule has 2 aliphatic heterocycles. The Hall–Kier alpha value is -2.05.